The van der Waals surface area contributed by atoms with Crippen molar-refractivity contribution in [2.75, 3.05) is 14.2 Å². The van der Waals surface area contributed by atoms with Gasteiger partial charge in [0.05, 0.1) is 19.8 Å². The van der Waals surface area contributed by atoms with Gasteiger partial charge in [0.25, 0.3) is 0 Å². The molecule has 7 nitrogen and oxygen atoms in total. The molecule has 0 saturated carbocycles. The molecule has 0 atom stereocenters. The van der Waals surface area contributed by atoms with E-state index in [9.17, 15) is 9.59 Å². The Labute approximate surface area is 149 Å². The molecule has 26 heavy (non-hydrogen) atoms. The number of ether oxygens (including phenoxy) is 3. The third-order valence-corrected chi connectivity index (χ3v) is 3.68. The molecule has 0 unspecified atom stereocenters. The number of aliphatic imine (C=N–C) groups is 1. The highest BCUT2D eigenvalue weighted by atomic mass is 16.6. The summed E-state index contributed by atoms with van der Waals surface area (Å²) in [5.41, 5.74) is 1.45. The summed E-state index contributed by atoms with van der Waals surface area (Å²) in [6.45, 7) is 0. The van der Waals surface area contributed by atoms with Crippen LogP contribution in [0.15, 0.2) is 53.2 Å². The highest BCUT2D eigenvalue weighted by molar-refractivity contribution is 6.13. The van der Waals surface area contributed by atoms with Gasteiger partial charge in [-0.3, -0.25) is 0 Å². The zero-order valence-corrected chi connectivity index (χ0v) is 14.1. The minimum Gasteiger partial charge on any atom is -0.497 e. The van der Waals surface area contributed by atoms with Crippen LogP contribution in [0.1, 0.15) is 21.5 Å². The molecule has 0 fully saturated rings. The lowest BCUT2D eigenvalue weighted by molar-refractivity contribution is -0.129. The molecule has 1 heterocycles. The first-order chi connectivity index (χ1) is 12.5. The van der Waals surface area contributed by atoms with E-state index in [0.717, 1.165) is 0 Å². The molecule has 0 bridgehead atoms. The van der Waals surface area contributed by atoms with Crippen molar-refractivity contribution < 1.29 is 28.9 Å². The highest BCUT2D eigenvalue weighted by Gasteiger charge is 2.25. The van der Waals surface area contributed by atoms with E-state index in [1.165, 1.54) is 32.4 Å². The van der Waals surface area contributed by atoms with Crippen molar-refractivity contribution in [3.8, 4) is 11.5 Å². The van der Waals surface area contributed by atoms with Gasteiger partial charge in [-0.25, -0.2) is 14.6 Å². The largest absolute Gasteiger partial charge is 0.497 e. The Morgan fingerprint density at radius 3 is 2.23 bits per heavy atom. The van der Waals surface area contributed by atoms with Gasteiger partial charge in [-0.15, -0.1) is 0 Å². The number of esters is 1. The van der Waals surface area contributed by atoms with Gasteiger partial charge in [-0.05, 0) is 35.9 Å². The van der Waals surface area contributed by atoms with Crippen molar-refractivity contribution in [3.05, 3.63) is 64.9 Å². The average Bonchev–Trinajstić information content (AvgIpc) is 3.02. The predicted molar refractivity (Wildman–Crippen MR) is 93.6 cm³/mol. The number of methoxy groups -OCH3 is 2. The first-order valence-corrected chi connectivity index (χ1v) is 7.59. The van der Waals surface area contributed by atoms with E-state index in [1.54, 1.807) is 30.3 Å². The van der Waals surface area contributed by atoms with Gasteiger partial charge in [-0.2, -0.15) is 0 Å². The van der Waals surface area contributed by atoms with Crippen LogP contribution in [0.5, 0.6) is 11.5 Å². The number of aromatic carboxylic acids is 1. The Balaban J connectivity index is 1.92. The normalized spacial score (nSPS) is 14.8. The number of hydrogen-bond acceptors (Lipinski definition) is 6. The quantitative estimate of drug-likeness (QED) is 0.656. The molecule has 3 rings (SSSR count). The molecular formula is C19H15NO6. The molecule has 0 aliphatic carbocycles. The maximum atomic E-state index is 12.1. The lowest BCUT2D eigenvalue weighted by Gasteiger charge is -2.07. The zero-order valence-electron chi connectivity index (χ0n) is 14.1. The van der Waals surface area contributed by atoms with Crippen LogP contribution in [0.25, 0.3) is 6.08 Å². The Morgan fingerprint density at radius 1 is 1.08 bits per heavy atom. The van der Waals surface area contributed by atoms with Gasteiger partial charge in [0.2, 0.25) is 5.90 Å². The third-order valence-electron chi connectivity index (χ3n) is 3.68. The SMILES string of the molecule is COc1cc(OC)cc(C2=N/C(=C\c3ccc(C(=O)O)cc3)C(=O)O2)c1. The second kappa shape index (κ2) is 7.10. The van der Waals surface area contributed by atoms with Gasteiger partial charge in [0, 0.05) is 11.6 Å². The second-order valence-corrected chi connectivity index (χ2v) is 5.36. The van der Waals surface area contributed by atoms with Crippen LogP contribution in [0.2, 0.25) is 0 Å². The van der Waals surface area contributed by atoms with Crippen LogP contribution >= 0.6 is 0 Å². The molecule has 2 aromatic carbocycles. The number of benzene rings is 2. The molecule has 0 saturated heterocycles. The van der Waals surface area contributed by atoms with Crippen molar-refractivity contribution in [1.29, 1.82) is 0 Å². The summed E-state index contributed by atoms with van der Waals surface area (Å²) in [7, 11) is 3.04. The second-order valence-electron chi connectivity index (χ2n) is 5.36. The number of carboxylic acids is 1. The van der Waals surface area contributed by atoms with Crippen molar-refractivity contribution in [2.45, 2.75) is 0 Å². The topological polar surface area (TPSA) is 94.4 Å². The predicted octanol–water partition coefficient (Wildman–Crippen LogP) is 2.75. The van der Waals surface area contributed by atoms with E-state index >= 15 is 0 Å². The summed E-state index contributed by atoms with van der Waals surface area (Å²) < 4.78 is 15.6. The molecule has 0 spiro atoms. The Morgan fingerprint density at radius 2 is 1.69 bits per heavy atom. The Bertz CT molecular complexity index is 905. The fourth-order valence-electron chi connectivity index (χ4n) is 2.34. The number of carbonyl (C=O) groups is 2. The number of carbonyl (C=O) groups excluding carboxylic acids is 1. The highest BCUT2D eigenvalue weighted by Crippen LogP contribution is 2.26. The summed E-state index contributed by atoms with van der Waals surface area (Å²) in [5, 5.41) is 8.92. The molecular weight excluding hydrogens is 338 g/mol. The van der Waals surface area contributed by atoms with E-state index in [-0.39, 0.29) is 17.2 Å². The van der Waals surface area contributed by atoms with Crippen LogP contribution in [0.4, 0.5) is 0 Å². The van der Waals surface area contributed by atoms with Crippen LogP contribution < -0.4 is 9.47 Å². The van der Waals surface area contributed by atoms with E-state index < -0.39 is 11.9 Å². The molecule has 1 aliphatic rings. The minimum absolute atomic E-state index is 0.116. The molecule has 1 aliphatic heterocycles. The number of hydrogen-bond donors (Lipinski definition) is 1. The molecule has 2 aromatic rings. The number of rotatable bonds is 5. The summed E-state index contributed by atoms with van der Waals surface area (Å²) in [4.78, 5) is 27.2. The molecule has 0 radical (unpaired) electrons. The van der Waals surface area contributed by atoms with Gasteiger partial charge in [0.1, 0.15) is 11.5 Å². The van der Waals surface area contributed by atoms with Crippen LogP contribution in [0.3, 0.4) is 0 Å². The van der Waals surface area contributed by atoms with Crippen molar-refractivity contribution in [3.63, 3.8) is 0 Å². The molecule has 132 valence electrons. The zero-order chi connectivity index (χ0) is 18.7. The number of carboxylic acid groups (broad SMARTS) is 1. The summed E-state index contributed by atoms with van der Waals surface area (Å²) in [5.74, 6) is -0.388. The van der Waals surface area contributed by atoms with Crippen LogP contribution in [-0.2, 0) is 9.53 Å². The van der Waals surface area contributed by atoms with Crippen LogP contribution in [-0.4, -0.2) is 37.2 Å². The van der Waals surface area contributed by atoms with Crippen LogP contribution in [0, 0.1) is 0 Å². The maximum Gasteiger partial charge on any atom is 0.363 e. The summed E-state index contributed by atoms with van der Waals surface area (Å²) >= 11 is 0. The van der Waals surface area contributed by atoms with E-state index in [0.29, 0.717) is 22.6 Å². The molecule has 0 aromatic heterocycles. The number of nitrogens with zero attached hydrogens (tertiary/aromatic N) is 1. The molecule has 1 N–H and O–H groups in total. The van der Waals surface area contributed by atoms with Gasteiger partial charge in [-0.1, -0.05) is 12.1 Å². The number of cyclic esters (lactones) is 1. The minimum atomic E-state index is -1.02. The molecule has 0 amide bonds. The summed E-state index contributed by atoms with van der Waals surface area (Å²) in [6.07, 6.45) is 1.53. The van der Waals surface area contributed by atoms with Gasteiger partial charge in [0.15, 0.2) is 5.70 Å². The van der Waals surface area contributed by atoms with Gasteiger partial charge < -0.3 is 19.3 Å². The first kappa shape index (κ1) is 17.2. The van der Waals surface area contributed by atoms with E-state index in [1.807, 2.05) is 0 Å². The van der Waals surface area contributed by atoms with Crippen molar-refractivity contribution in [1.82, 2.24) is 0 Å². The fraction of sp³-hybridized carbons (Fsp3) is 0.105. The standard InChI is InChI=1S/C19H15NO6/c1-24-14-8-13(9-15(10-14)25-2)17-20-16(19(23)26-17)7-11-3-5-12(6-4-11)18(21)22/h3-10H,1-2H3,(H,21,22)/b16-7-. The average molecular weight is 353 g/mol. The fourth-order valence-corrected chi connectivity index (χ4v) is 2.34. The smallest absolute Gasteiger partial charge is 0.363 e. The third kappa shape index (κ3) is 3.56. The van der Waals surface area contributed by atoms with Crippen molar-refractivity contribution >= 4 is 23.9 Å². The Hall–Kier alpha value is -3.61. The first-order valence-electron chi connectivity index (χ1n) is 7.59. The van der Waals surface area contributed by atoms with E-state index in [2.05, 4.69) is 4.99 Å². The van der Waals surface area contributed by atoms with Gasteiger partial charge >= 0.3 is 11.9 Å². The van der Waals surface area contributed by atoms with E-state index in [4.69, 9.17) is 19.3 Å². The monoisotopic (exact) mass is 353 g/mol. The van der Waals surface area contributed by atoms with Crippen molar-refractivity contribution in [2.24, 2.45) is 4.99 Å². The lowest BCUT2D eigenvalue weighted by Crippen LogP contribution is -2.06. The molecule has 7 heteroatoms. The summed E-state index contributed by atoms with van der Waals surface area (Å²) in [6, 6.07) is 11.1. The maximum absolute atomic E-state index is 12.1. The Kier molecular flexibility index (Phi) is 4.70. The lowest BCUT2D eigenvalue weighted by atomic mass is 10.1.